The molecule has 2 aromatic rings. The summed E-state index contributed by atoms with van der Waals surface area (Å²) in [5.74, 6) is 0.891. The van der Waals surface area contributed by atoms with Crippen LogP contribution in [0.15, 0.2) is 41.4 Å². The molecule has 1 fully saturated rings. The van der Waals surface area contributed by atoms with Crippen LogP contribution in [-0.2, 0) is 16.6 Å². The standard InChI is InChI=1S/C22H32N6O3S/c1-17-6-7-18(2)20(15-17)32(30,31)26-10-9-24-22(29)25-16-19-5-4-8-23-21(19)28-13-11-27(3)12-14-28/h4-8,15,26H,9-14,16H2,1-3H3,(H2,24,25,29). The highest BCUT2D eigenvalue weighted by molar-refractivity contribution is 7.89. The van der Waals surface area contributed by atoms with Gasteiger partial charge in [-0.25, -0.2) is 22.9 Å². The van der Waals surface area contributed by atoms with Gasteiger partial charge in [0.15, 0.2) is 0 Å². The van der Waals surface area contributed by atoms with Crippen LogP contribution in [-0.4, -0.2) is 70.6 Å². The highest BCUT2D eigenvalue weighted by Crippen LogP contribution is 2.18. The lowest BCUT2D eigenvalue weighted by atomic mass is 10.2. The van der Waals surface area contributed by atoms with E-state index in [1.165, 1.54) is 0 Å². The Morgan fingerprint density at radius 1 is 1.06 bits per heavy atom. The summed E-state index contributed by atoms with van der Waals surface area (Å²) in [6.45, 7) is 7.97. The molecule has 32 heavy (non-hydrogen) atoms. The molecule has 0 spiro atoms. The number of pyridine rings is 1. The molecule has 3 N–H and O–H groups in total. The number of sulfonamides is 1. The van der Waals surface area contributed by atoms with Crippen molar-refractivity contribution in [3.63, 3.8) is 0 Å². The first-order valence-electron chi connectivity index (χ1n) is 10.7. The van der Waals surface area contributed by atoms with Crippen LogP contribution in [0, 0.1) is 13.8 Å². The summed E-state index contributed by atoms with van der Waals surface area (Å²) in [5, 5.41) is 5.52. The van der Waals surface area contributed by atoms with E-state index < -0.39 is 10.0 Å². The number of likely N-dealkylation sites (N-methyl/N-ethyl adjacent to an activating group) is 1. The quantitative estimate of drug-likeness (QED) is 0.512. The van der Waals surface area contributed by atoms with Crippen LogP contribution in [0.3, 0.4) is 0 Å². The second kappa shape index (κ2) is 10.8. The van der Waals surface area contributed by atoms with Crippen molar-refractivity contribution in [3.05, 3.63) is 53.2 Å². The van der Waals surface area contributed by atoms with E-state index in [4.69, 9.17) is 0 Å². The van der Waals surface area contributed by atoms with Gasteiger partial charge in [0.25, 0.3) is 0 Å². The summed E-state index contributed by atoms with van der Waals surface area (Å²) in [7, 11) is -1.53. The third kappa shape index (κ3) is 6.41. The average Bonchev–Trinajstić information content (AvgIpc) is 2.77. The molecule has 1 aliphatic heterocycles. The lowest BCUT2D eigenvalue weighted by Gasteiger charge is -2.34. The van der Waals surface area contributed by atoms with Crippen molar-refractivity contribution < 1.29 is 13.2 Å². The van der Waals surface area contributed by atoms with Gasteiger partial charge in [-0.3, -0.25) is 0 Å². The normalized spacial score (nSPS) is 14.9. The van der Waals surface area contributed by atoms with Gasteiger partial charge in [-0.1, -0.05) is 18.2 Å². The van der Waals surface area contributed by atoms with Crippen LogP contribution in [0.5, 0.6) is 0 Å². The van der Waals surface area contributed by atoms with Gasteiger partial charge < -0.3 is 20.4 Å². The molecule has 0 radical (unpaired) electrons. The lowest BCUT2D eigenvalue weighted by molar-refractivity contribution is 0.240. The van der Waals surface area contributed by atoms with E-state index in [0.717, 1.165) is 43.1 Å². The maximum atomic E-state index is 12.5. The number of urea groups is 1. The number of nitrogens with zero attached hydrogens (tertiary/aromatic N) is 3. The number of hydrogen-bond donors (Lipinski definition) is 3. The number of rotatable bonds is 8. The zero-order valence-corrected chi connectivity index (χ0v) is 19.7. The summed E-state index contributed by atoms with van der Waals surface area (Å²) in [5.41, 5.74) is 2.50. The van der Waals surface area contributed by atoms with Gasteiger partial charge >= 0.3 is 6.03 Å². The highest BCUT2D eigenvalue weighted by atomic mass is 32.2. The van der Waals surface area contributed by atoms with Crippen molar-refractivity contribution in [3.8, 4) is 0 Å². The fourth-order valence-electron chi connectivity index (χ4n) is 3.55. The minimum atomic E-state index is -3.63. The Morgan fingerprint density at radius 2 is 1.81 bits per heavy atom. The second-order valence-corrected chi connectivity index (χ2v) is 9.79. The van der Waals surface area contributed by atoms with Gasteiger partial charge in [0, 0.05) is 57.6 Å². The molecule has 2 amide bonds. The van der Waals surface area contributed by atoms with Gasteiger partial charge in [-0.05, 0) is 44.2 Å². The number of amides is 2. The maximum Gasteiger partial charge on any atom is 0.315 e. The molecule has 10 heteroatoms. The first kappa shape index (κ1) is 24.0. The van der Waals surface area contributed by atoms with Crippen LogP contribution in [0.1, 0.15) is 16.7 Å². The third-order valence-electron chi connectivity index (χ3n) is 5.45. The molecule has 0 atom stereocenters. The first-order valence-corrected chi connectivity index (χ1v) is 12.2. The van der Waals surface area contributed by atoms with E-state index in [1.807, 2.05) is 25.1 Å². The predicted octanol–water partition coefficient (Wildman–Crippen LogP) is 1.23. The molecule has 174 valence electrons. The molecule has 0 aliphatic carbocycles. The van der Waals surface area contributed by atoms with Crippen LogP contribution < -0.4 is 20.3 Å². The summed E-state index contributed by atoms with van der Waals surface area (Å²) in [6, 6.07) is 8.76. The monoisotopic (exact) mass is 460 g/mol. The van der Waals surface area contributed by atoms with Crippen LogP contribution >= 0.6 is 0 Å². The Balaban J connectivity index is 1.46. The fraction of sp³-hybridized carbons (Fsp3) is 0.455. The fourth-order valence-corrected chi connectivity index (χ4v) is 4.90. The molecule has 0 bridgehead atoms. The molecule has 1 aromatic carbocycles. The number of piperazine rings is 1. The zero-order chi connectivity index (χ0) is 23.1. The molecular formula is C22H32N6O3S. The van der Waals surface area contributed by atoms with Gasteiger partial charge in [-0.15, -0.1) is 0 Å². The van der Waals surface area contributed by atoms with Gasteiger partial charge in [0.1, 0.15) is 5.82 Å². The minimum Gasteiger partial charge on any atom is -0.354 e. The van der Waals surface area contributed by atoms with E-state index in [9.17, 15) is 13.2 Å². The number of aryl methyl sites for hydroxylation is 2. The van der Waals surface area contributed by atoms with Crippen LogP contribution in [0.25, 0.3) is 0 Å². The molecule has 0 unspecified atom stereocenters. The molecule has 9 nitrogen and oxygen atoms in total. The van der Waals surface area contributed by atoms with Crippen molar-refractivity contribution in [2.24, 2.45) is 0 Å². The van der Waals surface area contributed by atoms with Crippen molar-refractivity contribution >= 4 is 21.9 Å². The summed E-state index contributed by atoms with van der Waals surface area (Å²) in [4.78, 5) is 21.5. The van der Waals surface area contributed by atoms with E-state index in [2.05, 4.69) is 37.2 Å². The van der Waals surface area contributed by atoms with Gasteiger partial charge in [0.2, 0.25) is 10.0 Å². The number of aromatic nitrogens is 1. The first-order chi connectivity index (χ1) is 15.3. The number of hydrogen-bond acceptors (Lipinski definition) is 6. The van der Waals surface area contributed by atoms with E-state index >= 15 is 0 Å². The Kier molecular flexibility index (Phi) is 8.05. The Morgan fingerprint density at radius 3 is 2.56 bits per heavy atom. The topological polar surface area (TPSA) is 107 Å². The molecule has 1 aromatic heterocycles. The number of carbonyl (C=O) groups excluding carboxylic acids is 1. The van der Waals surface area contributed by atoms with Crippen molar-refractivity contribution in [2.45, 2.75) is 25.3 Å². The number of benzene rings is 1. The summed E-state index contributed by atoms with van der Waals surface area (Å²) >= 11 is 0. The Bertz CT molecular complexity index is 1040. The smallest absolute Gasteiger partial charge is 0.315 e. The number of nitrogens with one attached hydrogen (secondary N) is 3. The van der Waals surface area contributed by atoms with E-state index in [0.29, 0.717) is 12.1 Å². The Labute approximate surface area is 190 Å². The average molecular weight is 461 g/mol. The summed E-state index contributed by atoms with van der Waals surface area (Å²) < 4.78 is 27.6. The number of anilines is 1. The van der Waals surface area contributed by atoms with E-state index in [-0.39, 0.29) is 24.0 Å². The third-order valence-corrected chi connectivity index (χ3v) is 7.05. The summed E-state index contributed by atoms with van der Waals surface area (Å²) in [6.07, 6.45) is 1.76. The zero-order valence-electron chi connectivity index (χ0n) is 18.9. The SMILES string of the molecule is Cc1ccc(C)c(S(=O)(=O)NCCNC(=O)NCc2cccnc2N2CCN(C)CC2)c1. The van der Waals surface area contributed by atoms with Crippen molar-refractivity contribution in [1.29, 1.82) is 0 Å². The lowest BCUT2D eigenvalue weighted by Crippen LogP contribution is -2.45. The minimum absolute atomic E-state index is 0.0998. The van der Waals surface area contributed by atoms with Crippen LogP contribution in [0.2, 0.25) is 0 Å². The molecule has 3 rings (SSSR count). The molecule has 1 saturated heterocycles. The molecule has 2 heterocycles. The second-order valence-electron chi connectivity index (χ2n) is 8.05. The Hall–Kier alpha value is -2.69. The maximum absolute atomic E-state index is 12.5. The van der Waals surface area contributed by atoms with Crippen molar-refractivity contribution in [1.82, 2.24) is 25.2 Å². The van der Waals surface area contributed by atoms with Gasteiger partial charge in [-0.2, -0.15) is 0 Å². The van der Waals surface area contributed by atoms with E-state index in [1.54, 1.807) is 25.3 Å². The molecule has 0 saturated carbocycles. The molecule has 1 aliphatic rings. The van der Waals surface area contributed by atoms with Crippen molar-refractivity contribution in [2.75, 3.05) is 51.2 Å². The van der Waals surface area contributed by atoms with Gasteiger partial charge in [0.05, 0.1) is 4.90 Å². The highest BCUT2D eigenvalue weighted by Gasteiger charge is 2.19. The predicted molar refractivity (Wildman–Crippen MR) is 125 cm³/mol. The van der Waals surface area contributed by atoms with Crippen LogP contribution in [0.4, 0.5) is 10.6 Å². The molecular weight excluding hydrogens is 428 g/mol. The largest absolute Gasteiger partial charge is 0.354 e. The number of carbonyl (C=O) groups is 1.